The maximum absolute atomic E-state index is 14.2. The van der Waals surface area contributed by atoms with Gasteiger partial charge in [0.1, 0.15) is 0 Å². The minimum Gasteiger partial charge on any atom is -0.466 e. The van der Waals surface area contributed by atoms with Gasteiger partial charge in [0.2, 0.25) is 5.91 Å². The molecule has 6 rings (SSSR count). The Morgan fingerprint density at radius 3 is 2.00 bits per heavy atom. The van der Waals surface area contributed by atoms with Gasteiger partial charge in [-0.25, -0.2) is 4.90 Å². The van der Waals surface area contributed by atoms with Gasteiger partial charge in [0.25, 0.3) is 11.8 Å². The van der Waals surface area contributed by atoms with Gasteiger partial charge in [-0.2, -0.15) is 0 Å². The van der Waals surface area contributed by atoms with E-state index in [-0.39, 0.29) is 36.7 Å². The van der Waals surface area contributed by atoms with Crippen LogP contribution in [0.5, 0.6) is 0 Å². The molecule has 2 aliphatic heterocycles. The molecule has 4 heterocycles. The molecule has 0 unspecified atom stereocenters. The molecule has 3 amide bonds. The Kier molecular flexibility index (Phi) is 8.20. The molecule has 10 nitrogen and oxygen atoms in total. The second kappa shape index (κ2) is 12.2. The van der Waals surface area contributed by atoms with Gasteiger partial charge in [0, 0.05) is 71.4 Å². The SMILES string of the molecule is CCOC(=O)CCC(=O)N1C(=O)C2=C(C1=O)c1cn(c3ccccc13)CC[C@@H](CN(C)C)OCCn1cc2c2ccccc21. The van der Waals surface area contributed by atoms with E-state index in [2.05, 4.69) is 9.47 Å². The Morgan fingerprint density at radius 1 is 0.864 bits per heavy atom. The van der Waals surface area contributed by atoms with Crippen molar-refractivity contribution in [1.82, 2.24) is 18.9 Å². The van der Waals surface area contributed by atoms with Crippen molar-refractivity contribution in [2.75, 3.05) is 33.9 Å². The fourth-order valence-electron chi connectivity index (χ4n) is 6.31. The van der Waals surface area contributed by atoms with Gasteiger partial charge in [0.15, 0.2) is 0 Å². The van der Waals surface area contributed by atoms with Gasteiger partial charge < -0.3 is 23.5 Å². The second-order valence-corrected chi connectivity index (χ2v) is 11.4. The van der Waals surface area contributed by atoms with Gasteiger partial charge in [-0.05, 0) is 39.6 Å². The smallest absolute Gasteiger partial charge is 0.306 e. The molecule has 0 fully saturated rings. The maximum Gasteiger partial charge on any atom is 0.306 e. The molecule has 4 aromatic rings. The summed E-state index contributed by atoms with van der Waals surface area (Å²) in [5.74, 6) is -2.65. The number of imide groups is 3. The molecule has 10 heteroatoms. The Morgan fingerprint density at radius 2 is 1.43 bits per heavy atom. The molecule has 228 valence electrons. The number of esters is 1. The number of fused-ring (bicyclic) bond motifs is 12. The molecule has 44 heavy (non-hydrogen) atoms. The highest BCUT2D eigenvalue weighted by Crippen LogP contribution is 2.42. The minimum atomic E-state index is -0.731. The number of ether oxygens (including phenoxy) is 2. The Hall–Kier alpha value is -4.54. The lowest BCUT2D eigenvalue weighted by molar-refractivity contribution is -0.151. The van der Waals surface area contributed by atoms with Crippen LogP contribution in [-0.4, -0.2) is 82.6 Å². The highest BCUT2D eigenvalue weighted by atomic mass is 16.5. The molecule has 2 aromatic carbocycles. The lowest BCUT2D eigenvalue weighted by Gasteiger charge is -2.22. The summed E-state index contributed by atoms with van der Waals surface area (Å²) in [5.41, 5.74) is 3.35. The first kappa shape index (κ1) is 29.5. The summed E-state index contributed by atoms with van der Waals surface area (Å²) in [7, 11) is 4.06. The lowest BCUT2D eigenvalue weighted by atomic mass is 9.95. The van der Waals surface area contributed by atoms with Crippen LogP contribution in [0.15, 0.2) is 60.9 Å². The number of para-hydroxylation sites is 2. The average Bonchev–Trinajstić information content (AvgIpc) is 3.63. The van der Waals surface area contributed by atoms with E-state index in [0.29, 0.717) is 35.7 Å². The first-order valence-electron chi connectivity index (χ1n) is 15.0. The van der Waals surface area contributed by atoms with Crippen LogP contribution >= 0.6 is 0 Å². The monoisotopic (exact) mass is 596 g/mol. The summed E-state index contributed by atoms with van der Waals surface area (Å²) in [6.45, 7) is 4.26. The van der Waals surface area contributed by atoms with Crippen LogP contribution < -0.4 is 0 Å². The molecule has 0 aliphatic carbocycles. The standard InChI is InChI=1S/C34H36N4O6/c1-4-43-30(40)14-13-29(39)38-33(41)31-25-20-36(27-11-7-5-9-23(25)27)16-15-22(19-35(2)3)44-18-17-37-21-26(32(31)34(38)42)24-10-6-8-12-28(24)37/h5-12,20-22H,4,13-19H2,1-3H3/t22-/m0/s1. The van der Waals surface area contributed by atoms with Crippen LogP contribution in [0.2, 0.25) is 0 Å². The Balaban J connectivity index is 1.54. The Labute approximate surface area is 255 Å². The van der Waals surface area contributed by atoms with Crippen molar-refractivity contribution in [3.05, 3.63) is 72.1 Å². The summed E-state index contributed by atoms with van der Waals surface area (Å²) in [6, 6.07) is 15.5. The zero-order valence-corrected chi connectivity index (χ0v) is 25.2. The first-order valence-corrected chi connectivity index (χ1v) is 15.0. The summed E-state index contributed by atoms with van der Waals surface area (Å²) < 4.78 is 15.5. The Bertz CT molecular complexity index is 1810. The number of hydrogen-bond donors (Lipinski definition) is 0. The van der Waals surface area contributed by atoms with E-state index < -0.39 is 23.7 Å². The fourth-order valence-corrected chi connectivity index (χ4v) is 6.31. The van der Waals surface area contributed by atoms with E-state index in [4.69, 9.17) is 9.47 Å². The molecule has 1 atom stereocenters. The molecule has 4 bridgehead atoms. The predicted molar refractivity (Wildman–Crippen MR) is 166 cm³/mol. The molecular weight excluding hydrogens is 560 g/mol. The van der Waals surface area contributed by atoms with Crippen molar-refractivity contribution in [3.8, 4) is 0 Å². The van der Waals surface area contributed by atoms with Gasteiger partial charge in [0.05, 0.1) is 36.9 Å². The molecule has 0 saturated carbocycles. The summed E-state index contributed by atoms with van der Waals surface area (Å²) in [6.07, 6.45) is 3.98. The third kappa shape index (κ3) is 5.35. The van der Waals surface area contributed by atoms with Crippen LogP contribution in [-0.2, 0) is 41.7 Å². The largest absolute Gasteiger partial charge is 0.466 e. The highest BCUT2D eigenvalue weighted by Gasteiger charge is 2.44. The molecule has 0 spiro atoms. The number of aryl methyl sites for hydroxylation is 1. The number of nitrogens with zero attached hydrogens (tertiary/aromatic N) is 4. The molecule has 0 N–H and O–H groups in total. The van der Waals surface area contributed by atoms with Crippen LogP contribution in [0.1, 0.15) is 37.3 Å². The van der Waals surface area contributed by atoms with Crippen LogP contribution in [0.3, 0.4) is 0 Å². The third-order valence-corrected chi connectivity index (χ3v) is 8.24. The minimum absolute atomic E-state index is 0.0178. The molecule has 2 aromatic heterocycles. The van der Waals surface area contributed by atoms with Gasteiger partial charge in [-0.15, -0.1) is 0 Å². The number of benzene rings is 2. The van der Waals surface area contributed by atoms with Crippen LogP contribution in [0, 0.1) is 0 Å². The topological polar surface area (TPSA) is 103 Å². The predicted octanol–water partition coefficient (Wildman–Crippen LogP) is 4.10. The van der Waals surface area contributed by atoms with Crippen molar-refractivity contribution in [3.63, 3.8) is 0 Å². The highest BCUT2D eigenvalue weighted by molar-refractivity contribution is 6.53. The van der Waals surface area contributed by atoms with Gasteiger partial charge in [-0.1, -0.05) is 36.4 Å². The van der Waals surface area contributed by atoms with Crippen molar-refractivity contribution in [1.29, 1.82) is 0 Å². The number of rotatable bonds is 6. The second-order valence-electron chi connectivity index (χ2n) is 11.4. The van der Waals surface area contributed by atoms with Crippen molar-refractivity contribution < 1.29 is 28.7 Å². The quantitative estimate of drug-likeness (QED) is 0.244. The third-order valence-electron chi connectivity index (χ3n) is 8.24. The lowest BCUT2D eigenvalue weighted by Crippen LogP contribution is -2.37. The molecule has 2 aliphatic rings. The first-order chi connectivity index (χ1) is 21.3. The van der Waals surface area contributed by atoms with E-state index in [9.17, 15) is 19.2 Å². The van der Waals surface area contributed by atoms with Crippen LogP contribution in [0.25, 0.3) is 33.0 Å². The van der Waals surface area contributed by atoms with Crippen LogP contribution in [0.4, 0.5) is 0 Å². The maximum atomic E-state index is 14.2. The number of carbonyl (C=O) groups excluding carboxylic acids is 4. The molecule has 0 saturated heterocycles. The summed E-state index contributed by atoms with van der Waals surface area (Å²) >= 11 is 0. The van der Waals surface area contributed by atoms with Gasteiger partial charge in [-0.3, -0.25) is 19.2 Å². The van der Waals surface area contributed by atoms with Crippen molar-refractivity contribution in [2.45, 2.75) is 45.4 Å². The number of hydrogen-bond acceptors (Lipinski definition) is 7. The zero-order valence-electron chi connectivity index (χ0n) is 25.2. The van der Waals surface area contributed by atoms with Crippen molar-refractivity contribution >= 4 is 56.6 Å². The summed E-state index contributed by atoms with van der Waals surface area (Å²) in [4.78, 5) is 56.7. The van der Waals surface area contributed by atoms with E-state index in [0.717, 1.165) is 34.8 Å². The number of aromatic nitrogens is 2. The molecule has 0 radical (unpaired) electrons. The fraction of sp³-hybridized carbons (Fsp3) is 0.353. The summed E-state index contributed by atoms with van der Waals surface area (Å²) in [5, 5.41) is 1.61. The average molecular weight is 597 g/mol. The normalized spacial score (nSPS) is 17.5. The number of amides is 3. The molecular formula is C34H36N4O6. The van der Waals surface area contributed by atoms with Gasteiger partial charge >= 0.3 is 5.97 Å². The van der Waals surface area contributed by atoms with E-state index >= 15 is 0 Å². The zero-order chi connectivity index (χ0) is 31.0. The van der Waals surface area contributed by atoms with Crippen molar-refractivity contribution in [2.24, 2.45) is 0 Å². The van der Waals surface area contributed by atoms with E-state index in [1.165, 1.54) is 0 Å². The van der Waals surface area contributed by atoms with E-state index in [1.807, 2.05) is 79.6 Å². The number of likely N-dealkylation sites (N-methyl/N-ethyl adjacent to an activating group) is 1. The van der Waals surface area contributed by atoms with E-state index in [1.54, 1.807) is 6.92 Å². The number of carbonyl (C=O) groups is 4.